The normalized spacial score (nSPS) is 11.4. The van der Waals surface area contributed by atoms with E-state index in [0.717, 1.165) is 17.7 Å². The lowest BCUT2D eigenvalue weighted by Gasteiger charge is -2.17. The molecule has 38 heavy (non-hydrogen) atoms. The van der Waals surface area contributed by atoms with Crippen molar-refractivity contribution in [2.75, 3.05) is 11.9 Å². The monoisotopic (exact) mass is 540 g/mol. The Kier molecular flexibility index (Phi) is 7.86. The Morgan fingerprint density at radius 2 is 1.79 bits per heavy atom. The SMILES string of the molecule is CCCOC(=O)Nc1ccc(S(=O)(=O)c2cc(F)ccc2F)c(-c2nn(CC)cc2-c2ccncc2)c1C. The zero-order chi connectivity index (χ0) is 27.4. The van der Waals surface area contributed by atoms with Crippen LogP contribution in [-0.2, 0) is 21.1 Å². The number of nitrogens with one attached hydrogen (secondary N) is 1. The third-order valence-corrected chi connectivity index (χ3v) is 7.70. The fourth-order valence-corrected chi connectivity index (χ4v) is 5.59. The average Bonchev–Trinajstić information content (AvgIpc) is 3.34. The van der Waals surface area contributed by atoms with Gasteiger partial charge in [0.15, 0.2) is 0 Å². The molecule has 2 heterocycles. The van der Waals surface area contributed by atoms with E-state index < -0.39 is 32.5 Å². The molecule has 1 amide bonds. The number of carbonyl (C=O) groups excluding carboxylic acids is 1. The Balaban J connectivity index is 2.01. The van der Waals surface area contributed by atoms with Crippen molar-refractivity contribution in [3.63, 3.8) is 0 Å². The summed E-state index contributed by atoms with van der Waals surface area (Å²) in [6.07, 6.45) is 4.87. The second-order valence-electron chi connectivity index (χ2n) is 8.43. The third kappa shape index (κ3) is 5.28. The van der Waals surface area contributed by atoms with Crippen LogP contribution in [0.5, 0.6) is 0 Å². The summed E-state index contributed by atoms with van der Waals surface area (Å²) in [7, 11) is -4.57. The van der Waals surface area contributed by atoms with E-state index in [1.807, 2.05) is 13.8 Å². The van der Waals surface area contributed by atoms with Crippen molar-refractivity contribution in [2.45, 2.75) is 43.5 Å². The van der Waals surface area contributed by atoms with Crippen LogP contribution in [0.2, 0.25) is 0 Å². The van der Waals surface area contributed by atoms with E-state index in [9.17, 15) is 22.0 Å². The smallest absolute Gasteiger partial charge is 0.411 e. The summed E-state index contributed by atoms with van der Waals surface area (Å²) in [5.74, 6) is -1.98. The molecule has 2 aromatic heterocycles. The number of carbonyl (C=O) groups is 1. The Morgan fingerprint density at radius 3 is 2.47 bits per heavy atom. The van der Waals surface area contributed by atoms with Crippen LogP contribution < -0.4 is 5.32 Å². The number of aryl methyl sites for hydroxylation is 1. The molecule has 0 radical (unpaired) electrons. The molecular weight excluding hydrogens is 514 g/mol. The summed E-state index contributed by atoms with van der Waals surface area (Å²) in [5, 5.41) is 7.27. The van der Waals surface area contributed by atoms with Gasteiger partial charge in [-0.1, -0.05) is 6.92 Å². The largest absolute Gasteiger partial charge is 0.449 e. The van der Waals surface area contributed by atoms with E-state index in [2.05, 4.69) is 15.4 Å². The molecule has 0 aliphatic carbocycles. The minimum atomic E-state index is -4.57. The average molecular weight is 541 g/mol. The van der Waals surface area contributed by atoms with Gasteiger partial charge in [0.25, 0.3) is 0 Å². The molecule has 0 saturated carbocycles. The van der Waals surface area contributed by atoms with Gasteiger partial charge >= 0.3 is 6.09 Å². The fourth-order valence-electron chi connectivity index (χ4n) is 3.99. The molecule has 0 unspecified atom stereocenters. The summed E-state index contributed by atoms with van der Waals surface area (Å²) in [6, 6.07) is 8.40. The predicted molar refractivity (Wildman–Crippen MR) is 138 cm³/mol. The van der Waals surface area contributed by atoms with E-state index in [4.69, 9.17) is 4.74 Å². The van der Waals surface area contributed by atoms with Gasteiger partial charge < -0.3 is 4.74 Å². The van der Waals surface area contributed by atoms with Crippen molar-refractivity contribution in [3.05, 3.63) is 78.3 Å². The van der Waals surface area contributed by atoms with Crippen LogP contribution in [0.15, 0.2) is 70.8 Å². The van der Waals surface area contributed by atoms with Gasteiger partial charge in [0.05, 0.1) is 11.5 Å². The van der Waals surface area contributed by atoms with Gasteiger partial charge in [0, 0.05) is 41.9 Å². The highest BCUT2D eigenvalue weighted by atomic mass is 32.2. The van der Waals surface area contributed by atoms with Gasteiger partial charge in [-0.05, 0) is 73.9 Å². The standard InChI is InChI=1S/C27H26F2N4O4S/c1-4-14-37-27(34)31-22-8-9-23(38(35,36)24-15-19(28)6-7-21(24)29)25(17(22)3)26-20(16-33(5-2)32-26)18-10-12-30-13-11-18/h6-13,15-16H,4-5,14H2,1-3H3,(H,31,34). The number of amides is 1. The molecule has 0 bridgehead atoms. The van der Waals surface area contributed by atoms with Crippen molar-refractivity contribution in [1.82, 2.24) is 14.8 Å². The predicted octanol–water partition coefficient (Wildman–Crippen LogP) is 6.01. The summed E-state index contributed by atoms with van der Waals surface area (Å²) in [6.45, 7) is 6.04. The zero-order valence-corrected chi connectivity index (χ0v) is 21.9. The number of hydrogen-bond acceptors (Lipinski definition) is 6. The number of pyridine rings is 1. The molecule has 0 aliphatic heterocycles. The van der Waals surface area contributed by atoms with Crippen LogP contribution in [0.3, 0.4) is 0 Å². The van der Waals surface area contributed by atoms with Crippen LogP contribution >= 0.6 is 0 Å². The summed E-state index contributed by atoms with van der Waals surface area (Å²) >= 11 is 0. The number of anilines is 1. The molecule has 2 aromatic carbocycles. The van der Waals surface area contributed by atoms with Gasteiger partial charge in [-0.2, -0.15) is 5.10 Å². The van der Waals surface area contributed by atoms with Crippen LogP contribution in [0.1, 0.15) is 25.8 Å². The number of aromatic nitrogens is 3. The van der Waals surface area contributed by atoms with Crippen molar-refractivity contribution in [1.29, 1.82) is 0 Å². The highest BCUT2D eigenvalue weighted by Crippen LogP contribution is 2.41. The molecule has 0 saturated heterocycles. The lowest BCUT2D eigenvalue weighted by molar-refractivity contribution is 0.161. The minimum Gasteiger partial charge on any atom is -0.449 e. The van der Waals surface area contributed by atoms with Crippen LogP contribution in [0, 0.1) is 18.6 Å². The van der Waals surface area contributed by atoms with Crippen LogP contribution in [-0.4, -0.2) is 35.9 Å². The zero-order valence-electron chi connectivity index (χ0n) is 21.0. The lowest BCUT2D eigenvalue weighted by Crippen LogP contribution is -2.16. The maximum absolute atomic E-state index is 14.7. The van der Waals surface area contributed by atoms with Crippen molar-refractivity contribution >= 4 is 21.6 Å². The molecule has 0 fully saturated rings. The number of benzene rings is 2. The van der Waals surface area contributed by atoms with Crippen molar-refractivity contribution in [2.24, 2.45) is 0 Å². The van der Waals surface area contributed by atoms with Gasteiger partial charge in [0.1, 0.15) is 22.2 Å². The Bertz CT molecular complexity index is 1590. The highest BCUT2D eigenvalue weighted by Gasteiger charge is 2.30. The molecular formula is C27H26F2N4O4S. The molecule has 198 valence electrons. The lowest BCUT2D eigenvalue weighted by atomic mass is 9.98. The molecule has 0 aliphatic rings. The maximum atomic E-state index is 14.7. The summed E-state index contributed by atoms with van der Waals surface area (Å²) in [5.41, 5.74) is 2.38. The first-order valence-corrected chi connectivity index (χ1v) is 13.4. The number of rotatable bonds is 8. The highest BCUT2D eigenvalue weighted by molar-refractivity contribution is 7.91. The van der Waals surface area contributed by atoms with Gasteiger partial charge in [-0.25, -0.2) is 22.0 Å². The fraction of sp³-hybridized carbons (Fsp3) is 0.222. The first-order chi connectivity index (χ1) is 18.2. The summed E-state index contributed by atoms with van der Waals surface area (Å²) in [4.78, 5) is 15.3. The van der Waals surface area contributed by atoms with E-state index in [0.29, 0.717) is 30.2 Å². The van der Waals surface area contributed by atoms with Gasteiger partial charge in [-0.15, -0.1) is 0 Å². The molecule has 11 heteroatoms. The van der Waals surface area contributed by atoms with Gasteiger partial charge in [-0.3, -0.25) is 15.0 Å². The maximum Gasteiger partial charge on any atom is 0.411 e. The molecule has 4 rings (SSSR count). The number of sulfone groups is 1. The van der Waals surface area contributed by atoms with Crippen molar-refractivity contribution < 1.29 is 26.7 Å². The number of hydrogen-bond donors (Lipinski definition) is 1. The molecule has 0 spiro atoms. The van der Waals surface area contributed by atoms with Crippen molar-refractivity contribution in [3.8, 4) is 22.4 Å². The second kappa shape index (κ2) is 11.1. The minimum absolute atomic E-state index is 0.140. The molecule has 4 aromatic rings. The molecule has 8 nitrogen and oxygen atoms in total. The second-order valence-corrected chi connectivity index (χ2v) is 10.3. The van der Waals surface area contributed by atoms with Gasteiger partial charge in [0.2, 0.25) is 9.84 Å². The first kappa shape index (κ1) is 26.9. The van der Waals surface area contributed by atoms with E-state index in [-0.39, 0.29) is 28.4 Å². The number of halogens is 2. The number of nitrogens with zero attached hydrogens (tertiary/aromatic N) is 3. The molecule has 1 N–H and O–H groups in total. The van der Waals surface area contributed by atoms with E-state index in [1.165, 1.54) is 12.1 Å². The summed E-state index contributed by atoms with van der Waals surface area (Å²) < 4.78 is 63.1. The topological polar surface area (TPSA) is 103 Å². The van der Waals surface area contributed by atoms with Crippen LogP contribution in [0.4, 0.5) is 19.3 Å². The Hall–Kier alpha value is -4.12. The molecule has 0 atom stereocenters. The Morgan fingerprint density at radius 1 is 1.05 bits per heavy atom. The first-order valence-electron chi connectivity index (χ1n) is 11.9. The Labute approximate surface area is 219 Å². The van der Waals surface area contributed by atoms with E-state index >= 15 is 0 Å². The number of ether oxygens (including phenoxy) is 1. The van der Waals surface area contributed by atoms with Crippen LogP contribution in [0.25, 0.3) is 22.4 Å². The van der Waals surface area contributed by atoms with E-state index in [1.54, 1.807) is 42.3 Å². The third-order valence-electron chi connectivity index (χ3n) is 5.89. The quantitative estimate of drug-likeness (QED) is 0.294.